The Balaban J connectivity index is 0.00000211. The second-order valence-electron chi connectivity index (χ2n) is 6.86. The fourth-order valence-electron chi connectivity index (χ4n) is 2.49. The number of hydrogen-bond donors (Lipinski definition) is 2. The quantitative estimate of drug-likeness (QED) is 0.578. The van der Waals surface area contributed by atoms with E-state index in [0.717, 1.165) is 24.2 Å². The maximum absolute atomic E-state index is 9.72. The Morgan fingerprint density at radius 3 is 2.27 bits per heavy atom. The topological polar surface area (TPSA) is 20.2 Å². The first-order valence-electron chi connectivity index (χ1n) is 8.71. The molecule has 1 unspecified atom stereocenters. The summed E-state index contributed by atoms with van der Waals surface area (Å²) in [5, 5.41) is 9.72. The molecule has 0 saturated heterocycles. The van der Waals surface area contributed by atoms with Gasteiger partial charge in [0.25, 0.3) is 0 Å². The highest BCUT2D eigenvalue weighted by molar-refractivity contribution is 7.80. The van der Waals surface area contributed by atoms with Crippen molar-refractivity contribution in [2.75, 3.05) is 0 Å². The Morgan fingerprint density at radius 1 is 1.14 bits per heavy atom. The van der Waals surface area contributed by atoms with Gasteiger partial charge in [0.2, 0.25) is 0 Å². The summed E-state index contributed by atoms with van der Waals surface area (Å²) < 4.78 is 0. The fraction of sp³-hybridized carbons (Fsp3) is 0.700. The maximum atomic E-state index is 9.72. The molecule has 0 saturated carbocycles. The van der Waals surface area contributed by atoms with Crippen LogP contribution in [0.3, 0.4) is 0 Å². The maximum Gasteiger partial charge on any atom is 0.0591 e. The summed E-state index contributed by atoms with van der Waals surface area (Å²) >= 11 is 4.66. The van der Waals surface area contributed by atoms with Gasteiger partial charge in [0, 0.05) is 4.90 Å². The van der Waals surface area contributed by atoms with Gasteiger partial charge in [0.15, 0.2) is 0 Å². The first-order valence-corrected chi connectivity index (χ1v) is 9.16. The molecule has 1 N–H and O–H groups in total. The minimum Gasteiger partial charge on any atom is -0.390 e. The third kappa shape index (κ3) is 8.24. The molecule has 0 aliphatic heterocycles. The van der Waals surface area contributed by atoms with Crippen LogP contribution in [0.1, 0.15) is 77.0 Å². The van der Waals surface area contributed by atoms with Crippen LogP contribution in [0.5, 0.6) is 0 Å². The molecule has 0 amide bonds. The van der Waals surface area contributed by atoms with Crippen LogP contribution in [0.15, 0.2) is 17.0 Å². The van der Waals surface area contributed by atoms with Crippen molar-refractivity contribution in [3.8, 4) is 0 Å². The third-order valence-electron chi connectivity index (χ3n) is 4.18. The van der Waals surface area contributed by atoms with Gasteiger partial charge < -0.3 is 5.11 Å². The van der Waals surface area contributed by atoms with Crippen molar-refractivity contribution in [2.24, 2.45) is 5.92 Å². The van der Waals surface area contributed by atoms with Crippen LogP contribution in [0.2, 0.25) is 0 Å². The summed E-state index contributed by atoms with van der Waals surface area (Å²) in [7, 11) is 0. The van der Waals surface area contributed by atoms with Crippen molar-refractivity contribution >= 4 is 12.6 Å². The van der Waals surface area contributed by atoms with Crippen molar-refractivity contribution in [3.63, 3.8) is 0 Å². The van der Waals surface area contributed by atoms with Gasteiger partial charge in [-0.25, -0.2) is 0 Å². The second-order valence-corrected chi connectivity index (χ2v) is 7.31. The average molecular weight is 325 g/mol. The SMILES string of the molecule is CC.Cc1ccc(CCC(C)CCCC(C)(C)O)c(S)c1C. The van der Waals surface area contributed by atoms with Gasteiger partial charge >= 0.3 is 0 Å². The first kappa shape index (κ1) is 21.5. The highest BCUT2D eigenvalue weighted by atomic mass is 32.1. The summed E-state index contributed by atoms with van der Waals surface area (Å²) in [6.45, 7) is 14.4. The van der Waals surface area contributed by atoms with E-state index >= 15 is 0 Å². The zero-order valence-electron chi connectivity index (χ0n) is 15.7. The minimum atomic E-state index is -0.522. The zero-order valence-corrected chi connectivity index (χ0v) is 16.6. The largest absolute Gasteiger partial charge is 0.390 e. The molecule has 0 aromatic heterocycles. The Morgan fingerprint density at radius 2 is 1.73 bits per heavy atom. The van der Waals surface area contributed by atoms with E-state index in [0.29, 0.717) is 5.92 Å². The van der Waals surface area contributed by atoms with Crippen molar-refractivity contribution in [2.45, 2.75) is 91.1 Å². The molecule has 0 heterocycles. The van der Waals surface area contributed by atoms with E-state index in [-0.39, 0.29) is 0 Å². The van der Waals surface area contributed by atoms with E-state index in [1.165, 1.54) is 29.5 Å². The van der Waals surface area contributed by atoms with Crippen LogP contribution < -0.4 is 0 Å². The van der Waals surface area contributed by atoms with E-state index in [2.05, 4.69) is 45.5 Å². The van der Waals surface area contributed by atoms with Gasteiger partial charge in [-0.2, -0.15) is 0 Å². The van der Waals surface area contributed by atoms with Crippen molar-refractivity contribution in [1.82, 2.24) is 0 Å². The summed E-state index contributed by atoms with van der Waals surface area (Å²) in [5.41, 5.74) is 3.47. The van der Waals surface area contributed by atoms with Crippen LogP contribution in [0.4, 0.5) is 0 Å². The molecule has 1 rings (SSSR count). The van der Waals surface area contributed by atoms with Crippen LogP contribution in [0.25, 0.3) is 0 Å². The average Bonchev–Trinajstić information content (AvgIpc) is 2.45. The minimum absolute atomic E-state index is 0.522. The molecule has 0 aliphatic carbocycles. The number of benzene rings is 1. The Kier molecular flexibility index (Phi) is 10.1. The molecule has 0 bridgehead atoms. The van der Waals surface area contributed by atoms with E-state index in [4.69, 9.17) is 0 Å². The highest BCUT2D eigenvalue weighted by Crippen LogP contribution is 2.25. The number of thiol groups is 1. The van der Waals surface area contributed by atoms with Gasteiger partial charge in [-0.3, -0.25) is 0 Å². The Labute approximate surface area is 143 Å². The van der Waals surface area contributed by atoms with Crippen LogP contribution in [0, 0.1) is 19.8 Å². The predicted octanol–water partition coefficient (Wildman–Crippen LogP) is 6.13. The van der Waals surface area contributed by atoms with Crippen LogP contribution in [-0.2, 0) is 6.42 Å². The van der Waals surface area contributed by atoms with E-state index in [1.54, 1.807) is 0 Å². The predicted molar refractivity (Wildman–Crippen MR) is 102 cm³/mol. The normalized spacial score (nSPS) is 12.6. The number of hydrogen-bond acceptors (Lipinski definition) is 2. The van der Waals surface area contributed by atoms with Crippen molar-refractivity contribution in [1.29, 1.82) is 0 Å². The molecule has 0 fully saturated rings. The van der Waals surface area contributed by atoms with Gasteiger partial charge in [0.1, 0.15) is 0 Å². The van der Waals surface area contributed by atoms with Gasteiger partial charge in [-0.1, -0.05) is 45.7 Å². The van der Waals surface area contributed by atoms with Crippen molar-refractivity contribution in [3.05, 3.63) is 28.8 Å². The summed E-state index contributed by atoms with van der Waals surface area (Å²) in [4.78, 5) is 1.16. The third-order valence-corrected chi connectivity index (χ3v) is 4.80. The van der Waals surface area contributed by atoms with E-state index in [9.17, 15) is 5.11 Å². The lowest BCUT2D eigenvalue weighted by molar-refractivity contribution is 0.0669. The fourth-order valence-corrected chi connectivity index (χ4v) is 2.85. The number of aryl methyl sites for hydroxylation is 2. The van der Waals surface area contributed by atoms with Crippen LogP contribution >= 0.6 is 12.6 Å². The Hall–Kier alpha value is -0.470. The molecule has 2 heteroatoms. The smallest absolute Gasteiger partial charge is 0.0591 e. The molecule has 1 aromatic rings. The molecule has 0 aliphatic rings. The van der Waals surface area contributed by atoms with E-state index < -0.39 is 5.60 Å². The summed E-state index contributed by atoms with van der Waals surface area (Å²) in [5.74, 6) is 0.701. The second kappa shape index (κ2) is 10.3. The molecule has 0 spiro atoms. The molecule has 1 aromatic carbocycles. The Bertz CT molecular complexity index is 432. The highest BCUT2D eigenvalue weighted by Gasteiger charge is 2.13. The molecule has 128 valence electrons. The van der Waals surface area contributed by atoms with Crippen molar-refractivity contribution < 1.29 is 5.11 Å². The standard InChI is InChI=1S/C18H30OS.C2H6/c1-13(7-6-12-18(4,5)19)8-10-16-11-9-14(2)15(3)17(16)20;1-2/h9,11,13,19-20H,6-8,10,12H2,1-5H3;1-2H3. The van der Waals surface area contributed by atoms with Gasteiger partial charge in [0.05, 0.1) is 5.60 Å². The molecular weight excluding hydrogens is 288 g/mol. The summed E-state index contributed by atoms with van der Waals surface area (Å²) in [6.07, 6.45) is 5.48. The molecular formula is C20H36OS. The lowest BCUT2D eigenvalue weighted by atomic mass is 9.92. The zero-order chi connectivity index (χ0) is 17.3. The number of rotatable bonds is 7. The monoisotopic (exact) mass is 324 g/mol. The molecule has 1 nitrogen and oxygen atoms in total. The lowest BCUT2D eigenvalue weighted by Crippen LogP contribution is -2.18. The van der Waals surface area contributed by atoms with E-state index in [1.807, 2.05) is 27.7 Å². The number of aliphatic hydroxyl groups is 1. The molecule has 1 atom stereocenters. The molecule has 0 radical (unpaired) electrons. The van der Waals surface area contributed by atoms with Crippen LogP contribution in [-0.4, -0.2) is 10.7 Å². The first-order chi connectivity index (χ1) is 10.2. The van der Waals surface area contributed by atoms with Gasteiger partial charge in [-0.05, 0) is 69.6 Å². The molecule has 22 heavy (non-hydrogen) atoms. The van der Waals surface area contributed by atoms with Gasteiger partial charge in [-0.15, -0.1) is 12.6 Å². The summed E-state index contributed by atoms with van der Waals surface area (Å²) in [6, 6.07) is 4.41. The lowest BCUT2D eigenvalue weighted by Gasteiger charge is -2.19.